The van der Waals surface area contributed by atoms with Gasteiger partial charge in [-0.3, -0.25) is 14.9 Å². The Balaban J connectivity index is 1.85. The zero-order chi connectivity index (χ0) is 20.7. The number of nitrogen functional groups attached to an aromatic ring is 2. The van der Waals surface area contributed by atoms with Crippen molar-refractivity contribution in [3.63, 3.8) is 0 Å². The minimum absolute atomic E-state index is 0.168. The Kier molecular flexibility index (Phi) is 7.09. The summed E-state index contributed by atoms with van der Waals surface area (Å²) in [4.78, 5) is 41.9. The number of ketones is 1. The van der Waals surface area contributed by atoms with Gasteiger partial charge in [0.25, 0.3) is 0 Å². The fourth-order valence-electron chi connectivity index (χ4n) is 2.15. The zero-order valence-electron chi connectivity index (χ0n) is 14.9. The number of nitrogens with one attached hydrogen (secondary N) is 1. The van der Waals surface area contributed by atoms with Crippen molar-refractivity contribution in [1.29, 1.82) is 0 Å². The van der Waals surface area contributed by atoms with Crippen LogP contribution in [-0.2, 0) is 9.53 Å². The van der Waals surface area contributed by atoms with Gasteiger partial charge < -0.3 is 21.5 Å². The molecule has 0 radical (unpaired) electrons. The summed E-state index contributed by atoms with van der Waals surface area (Å²) in [5.74, 6) is -0.910. The number of carbonyl (C=O) groups excluding carboxylic acids is 2. The van der Waals surface area contributed by atoms with Crippen LogP contribution >= 0.6 is 11.8 Å². The molecule has 0 fully saturated rings. The number of Topliss-reactive ketones (excluding diaryl/α,β-unsaturated/α-hetero) is 1. The van der Waals surface area contributed by atoms with E-state index in [4.69, 9.17) is 11.5 Å². The average Bonchev–Trinajstić information content (AvgIpc) is 2.65. The normalized spacial score (nSPS) is 10.3. The number of hydrogen-bond acceptors (Lipinski definition) is 11. The summed E-state index contributed by atoms with van der Waals surface area (Å²) in [5.41, 5.74) is 10.8. The lowest BCUT2D eigenvalue weighted by atomic mass is 10.2. The predicted octanol–water partition coefficient (Wildman–Crippen LogP) is 1.50. The molecule has 1 aromatic carbocycles. The van der Waals surface area contributed by atoms with Gasteiger partial charge in [0.05, 0.1) is 24.1 Å². The van der Waals surface area contributed by atoms with E-state index in [-0.39, 0.29) is 36.3 Å². The van der Waals surface area contributed by atoms with Crippen LogP contribution in [-0.4, -0.2) is 46.1 Å². The van der Waals surface area contributed by atoms with Crippen LogP contribution in [0.2, 0.25) is 0 Å². The minimum Gasteiger partial charge on any atom is -0.465 e. The SMILES string of the molecule is COC(=O)c1ccc(SCCC(=O)CNc2nc(N)nc(N)c2[N+](=O)[O-])cc1. The van der Waals surface area contributed by atoms with E-state index in [1.165, 1.54) is 18.9 Å². The molecular formula is C16H18N6O5S. The number of hydrogen-bond donors (Lipinski definition) is 3. The third-order valence-electron chi connectivity index (χ3n) is 3.49. The van der Waals surface area contributed by atoms with E-state index >= 15 is 0 Å². The van der Waals surface area contributed by atoms with Crippen molar-refractivity contribution < 1.29 is 19.2 Å². The van der Waals surface area contributed by atoms with Gasteiger partial charge in [-0.1, -0.05) is 0 Å². The van der Waals surface area contributed by atoms with E-state index in [0.29, 0.717) is 11.3 Å². The number of methoxy groups -OCH3 is 1. The Hall–Kier alpha value is -3.41. The molecule has 2 aromatic rings. The maximum atomic E-state index is 12.0. The summed E-state index contributed by atoms with van der Waals surface area (Å²) < 4.78 is 4.63. The Morgan fingerprint density at radius 1 is 1.25 bits per heavy atom. The van der Waals surface area contributed by atoms with Gasteiger partial charge in [0, 0.05) is 17.1 Å². The highest BCUT2D eigenvalue weighted by molar-refractivity contribution is 7.99. The number of ether oxygens (including phenoxy) is 1. The number of anilines is 3. The summed E-state index contributed by atoms with van der Waals surface area (Å²) in [5, 5.41) is 13.6. The molecule has 0 spiro atoms. The number of nitro groups is 1. The van der Waals surface area contributed by atoms with Gasteiger partial charge >= 0.3 is 11.7 Å². The number of nitrogens with two attached hydrogens (primary N) is 2. The Morgan fingerprint density at radius 3 is 2.54 bits per heavy atom. The number of benzene rings is 1. The molecular weight excluding hydrogens is 388 g/mol. The van der Waals surface area contributed by atoms with Crippen molar-refractivity contribution in [1.82, 2.24) is 9.97 Å². The van der Waals surface area contributed by atoms with Crippen LogP contribution in [0.25, 0.3) is 0 Å². The van der Waals surface area contributed by atoms with Crippen molar-refractivity contribution in [2.45, 2.75) is 11.3 Å². The third kappa shape index (κ3) is 5.54. The molecule has 0 aliphatic heterocycles. The van der Waals surface area contributed by atoms with Gasteiger partial charge in [-0.05, 0) is 24.3 Å². The molecule has 11 nitrogen and oxygen atoms in total. The maximum Gasteiger partial charge on any atom is 0.353 e. The Bertz CT molecular complexity index is 890. The minimum atomic E-state index is -0.741. The lowest BCUT2D eigenvalue weighted by Crippen LogP contribution is -2.17. The van der Waals surface area contributed by atoms with Crippen LogP contribution in [0.1, 0.15) is 16.8 Å². The monoisotopic (exact) mass is 406 g/mol. The first-order valence-corrected chi connectivity index (χ1v) is 8.94. The lowest BCUT2D eigenvalue weighted by Gasteiger charge is -2.07. The topological polar surface area (TPSA) is 176 Å². The number of aromatic nitrogens is 2. The first kappa shape index (κ1) is 20.9. The summed E-state index contributed by atoms with van der Waals surface area (Å²) in [6, 6.07) is 6.80. The van der Waals surface area contributed by atoms with Crippen LogP contribution in [0.4, 0.5) is 23.3 Å². The van der Waals surface area contributed by atoms with Crippen LogP contribution in [0.3, 0.4) is 0 Å². The van der Waals surface area contributed by atoms with E-state index < -0.39 is 16.6 Å². The highest BCUT2D eigenvalue weighted by Gasteiger charge is 2.22. The standard InChI is InChI=1S/C16H18N6O5S/c1-27-15(24)9-2-4-11(5-3-9)28-7-6-10(23)8-19-14-12(22(25)26)13(17)20-16(18)21-14/h2-5H,6-8H2,1H3,(H5,17,18,19,20,21). The molecule has 0 amide bonds. The Morgan fingerprint density at radius 2 is 1.93 bits per heavy atom. The third-order valence-corrected chi connectivity index (χ3v) is 4.50. The second kappa shape index (κ2) is 9.50. The van der Waals surface area contributed by atoms with E-state index in [2.05, 4.69) is 20.0 Å². The highest BCUT2D eigenvalue weighted by atomic mass is 32.2. The van der Waals surface area contributed by atoms with Gasteiger partial charge in [0.2, 0.25) is 17.6 Å². The number of carbonyl (C=O) groups is 2. The van der Waals surface area contributed by atoms with Gasteiger partial charge in [-0.15, -0.1) is 11.8 Å². The van der Waals surface area contributed by atoms with Crippen molar-refractivity contribution in [2.24, 2.45) is 0 Å². The molecule has 1 aromatic heterocycles. The van der Waals surface area contributed by atoms with Gasteiger partial charge in [0.1, 0.15) is 0 Å². The van der Waals surface area contributed by atoms with E-state index in [9.17, 15) is 19.7 Å². The molecule has 0 saturated carbocycles. The van der Waals surface area contributed by atoms with Crippen LogP contribution in [0.5, 0.6) is 0 Å². The van der Waals surface area contributed by atoms with Crippen molar-refractivity contribution in [3.05, 3.63) is 39.9 Å². The molecule has 0 unspecified atom stereocenters. The first-order chi connectivity index (χ1) is 13.3. The molecule has 5 N–H and O–H groups in total. The molecule has 0 bridgehead atoms. The quantitative estimate of drug-likeness (QED) is 0.238. The lowest BCUT2D eigenvalue weighted by molar-refractivity contribution is -0.383. The predicted molar refractivity (Wildman–Crippen MR) is 104 cm³/mol. The second-order valence-electron chi connectivity index (χ2n) is 5.43. The number of rotatable bonds is 9. The summed E-state index contributed by atoms with van der Waals surface area (Å²) >= 11 is 1.44. The molecule has 28 heavy (non-hydrogen) atoms. The van der Waals surface area contributed by atoms with Crippen LogP contribution < -0.4 is 16.8 Å². The van der Waals surface area contributed by atoms with Crippen molar-refractivity contribution >= 4 is 46.8 Å². The molecule has 0 aliphatic rings. The average molecular weight is 406 g/mol. The molecule has 0 aliphatic carbocycles. The van der Waals surface area contributed by atoms with Crippen molar-refractivity contribution in [2.75, 3.05) is 36.2 Å². The van der Waals surface area contributed by atoms with E-state index in [0.717, 1.165) is 4.90 Å². The van der Waals surface area contributed by atoms with Gasteiger partial charge in [0.15, 0.2) is 5.78 Å². The molecule has 0 atom stereocenters. The number of nitrogens with zero attached hydrogens (tertiary/aromatic N) is 3. The molecule has 0 saturated heterocycles. The molecule has 148 valence electrons. The second-order valence-corrected chi connectivity index (χ2v) is 6.60. The number of thioether (sulfide) groups is 1. The van der Waals surface area contributed by atoms with Crippen LogP contribution in [0, 0.1) is 10.1 Å². The van der Waals surface area contributed by atoms with E-state index in [1.807, 2.05) is 0 Å². The summed E-state index contributed by atoms with van der Waals surface area (Å²) in [7, 11) is 1.31. The molecule has 12 heteroatoms. The largest absolute Gasteiger partial charge is 0.465 e. The smallest absolute Gasteiger partial charge is 0.353 e. The summed E-state index contributed by atoms with van der Waals surface area (Å²) in [6.45, 7) is -0.168. The van der Waals surface area contributed by atoms with Crippen LogP contribution in [0.15, 0.2) is 29.2 Å². The maximum absolute atomic E-state index is 12.0. The van der Waals surface area contributed by atoms with Gasteiger partial charge in [-0.25, -0.2) is 4.79 Å². The van der Waals surface area contributed by atoms with Crippen molar-refractivity contribution in [3.8, 4) is 0 Å². The fourth-order valence-corrected chi connectivity index (χ4v) is 3.05. The van der Waals surface area contributed by atoms with Gasteiger partial charge in [-0.2, -0.15) is 9.97 Å². The fraction of sp³-hybridized carbons (Fsp3) is 0.250. The summed E-state index contributed by atoms with van der Waals surface area (Å²) in [6.07, 6.45) is 0.222. The molecule has 1 heterocycles. The molecule has 2 rings (SSSR count). The highest BCUT2D eigenvalue weighted by Crippen LogP contribution is 2.28. The zero-order valence-corrected chi connectivity index (χ0v) is 15.7. The first-order valence-electron chi connectivity index (χ1n) is 7.96. The number of esters is 1. The Labute approximate surface area is 164 Å². The van der Waals surface area contributed by atoms with E-state index in [1.54, 1.807) is 24.3 Å².